The predicted octanol–water partition coefficient (Wildman–Crippen LogP) is 2.83. The third kappa shape index (κ3) is 2.72. The summed E-state index contributed by atoms with van der Waals surface area (Å²) < 4.78 is 5.31. The van der Waals surface area contributed by atoms with Gasteiger partial charge in [0, 0.05) is 11.6 Å². The highest BCUT2D eigenvalue weighted by Gasteiger charge is 2.14. The molecule has 0 aliphatic rings. The van der Waals surface area contributed by atoms with E-state index in [0.717, 1.165) is 5.39 Å². The van der Waals surface area contributed by atoms with E-state index in [1.807, 2.05) is 18.2 Å². The van der Waals surface area contributed by atoms with Crippen molar-refractivity contribution in [3.8, 4) is 5.75 Å². The zero-order valence-electron chi connectivity index (χ0n) is 13.3. The summed E-state index contributed by atoms with van der Waals surface area (Å²) in [7, 11) is 1.58. The van der Waals surface area contributed by atoms with Crippen molar-refractivity contribution < 1.29 is 9.53 Å². The molecule has 1 N–H and O–H groups in total. The third-order valence-corrected chi connectivity index (χ3v) is 3.76. The molecule has 0 aliphatic heterocycles. The van der Waals surface area contributed by atoms with E-state index in [1.165, 1.54) is 0 Å². The molecule has 0 spiro atoms. The second-order valence-corrected chi connectivity index (χ2v) is 5.29. The van der Waals surface area contributed by atoms with Gasteiger partial charge in [-0.1, -0.05) is 12.1 Å². The van der Waals surface area contributed by atoms with E-state index in [2.05, 4.69) is 25.5 Å². The van der Waals surface area contributed by atoms with Crippen molar-refractivity contribution in [1.29, 1.82) is 0 Å². The first-order valence-electron chi connectivity index (χ1n) is 7.59. The highest BCUT2D eigenvalue weighted by Crippen LogP contribution is 2.29. The Kier molecular flexibility index (Phi) is 3.66. The average molecular weight is 331 g/mol. The van der Waals surface area contributed by atoms with Crippen molar-refractivity contribution in [1.82, 2.24) is 20.2 Å². The van der Waals surface area contributed by atoms with Crippen molar-refractivity contribution in [2.45, 2.75) is 0 Å². The number of hydrogen-bond donors (Lipinski definition) is 1. The van der Waals surface area contributed by atoms with E-state index in [1.54, 1.807) is 43.6 Å². The fraction of sp³-hybridized carbons (Fsp3) is 0.0556. The molecule has 0 radical (unpaired) electrons. The lowest BCUT2D eigenvalue weighted by Crippen LogP contribution is -2.16. The van der Waals surface area contributed by atoms with Crippen LogP contribution in [0.25, 0.3) is 21.9 Å². The molecule has 0 fully saturated rings. The molecule has 1 amide bonds. The minimum Gasteiger partial charge on any atom is -0.494 e. The van der Waals surface area contributed by atoms with Gasteiger partial charge in [-0.2, -0.15) is 0 Å². The molecule has 0 saturated heterocycles. The molecular weight excluding hydrogens is 318 g/mol. The largest absolute Gasteiger partial charge is 0.494 e. The number of methoxy groups -OCH3 is 1. The summed E-state index contributed by atoms with van der Waals surface area (Å²) in [5, 5.41) is 11.5. The van der Waals surface area contributed by atoms with Gasteiger partial charge in [0.2, 0.25) is 5.82 Å². The fourth-order valence-corrected chi connectivity index (χ4v) is 2.58. The number of fused-ring (bicyclic) bond motifs is 2. The molecule has 122 valence electrons. The second-order valence-electron chi connectivity index (χ2n) is 5.29. The molecule has 2 aromatic heterocycles. The minimum atomic E-state index is -0.437. The van der Waals surface area contributed by atoms with Crippen LogP contribution in [0.1, 0.15) is 10.6 Å². The smallest absolute Gasteiger partial charge is 0.295 e. The first-order valence-corrected chi connectivity index (χ1v) is 7.59. The number of carbonyl (C=O) groups is 1. The number of nitrogens with zero attached hydrogens (tertiary/aromatic N) is 4. The van der Waals surface area contributed by atoms with Crippen LogP contribution in [0.3, 0.4) is 0 Å². The molecule has 0 bridgehead atoms. The zero-order chi connectivity index (χ0) is 17.2. The van der Waals surface area contributed by atoms with Gasteiger partial charge >= 0.3 is 0 Å². The van der Waals surface area contributed by atoms with Gasteiger partial charge in [-0.25, -0.2) is 4.98 Å². The highest BCUT2D eigenvalue weighted by molar-refractivity contribution is 6.08. The van der Waals surface area contributed by atoms with Crippen molar-refractivity contribution in [3.05, 3.63) is 60.6 Å². The Bertz CT molecular complexity index is 1100. The molecular formula is C18H13N5O2. The Labute approximate surface area is 142 Å². The number of nitrogens with one attached hydrogen (secondary N) is 1. The predicted molar refractivity (Wildman–Crippen MR) is 93.6 cm³/mol. The van der Waals surface area contributed by atoms with E-state index >= 15 is 0 Å². The van der Waals surface area contributed by atoms with Crippen LogP contribution in [-0.4, -0.2) is 33.2 Å². The van der Waals surface area contributed by atoms with Gasteiger partial charge in [-0.05, 0) is 36.4 Å². The SMILES string of the molecule is COc1ccc(NC(=O)c2nnc3ccccc3n2)c2cccnc12. The lowest BCUT2D eigenvalue weighted by molar-refractivity contribution is 0.101. The molecule has 2 heterocycles. The first kappa shape index (κ1) is 14.9. The Morgan fingerprint density at radius 3 is 2.68 bits per heavy atom. The summed E-state index contributed by atoms with van der Waals surface area (Å²) >= 11 is 0. The number of ether oxygens (including phenoxy) is 1. The van der Waals surface area contributed by atoms with Crippen molar-refractivity contribution in [2.24, 2.45) is 0 Å². The molecule has 25 heavy (non-hydrogen) atoms. The normalized spacial score (nSPS) is 10.8. The van der Waals surface area contributed by atoms with Gasteiger partial charge in [0.15, 0.2) is 0 Å². The second kappa shape index (κ2) is 6.12. The Morgan fingerprint density at radius 2 is 1.84 bits per heavy atom. The number of carbonyl (C=O) groups excluding carboxylic acids is 1. The lowest BCUT2D eigenvalue weighted by Gasteiger charge is -2.10. The maximum atomic E-state index is 12.5. The van der Waals surface area contributed by atoms with Crippen LogP contribution in [-0.2, 0) is 0 Å². The number of anilines is 1. The van der Waals surface area contributed by atoms with Crippen LogP contribution in [0.4, 0.5) is 5.69 Å². The van der Waals surface area contributed by atoms with Crippen molar-refractivity contribution >= 4 is 33.5 Å². The summed E-state index contributed by atoms with van der Waals surface area (Å²) in [4.78, 5) is 21.1. The summed E-state index contributed by atoms with van der Waals surface area (Å²) in [6, 6.07) is 14.4. The number of hydrogen-bond acceptors (Lipinski definition) is 6. The molecule has 4 rings (SSSR count). The maximum Gasteiger partial charge on any atom is 0.295 e. The van der Waals surface area contributed by atoms with Crippen LogP contribution < -0.4 is 10.1 Å². The van der Waals surface area contributed by atoms with E-state index in [9.17, 15) is 4.79 Å². The quantitative estimate of drug-likeness (QED) is 0.621. The maximum absolute atomic E-state index is 12.5. The van der Waals surface area contributed by atoms with Gasteiger partial charge in [-0.15, -0.1) is 10.2 Å². The molecule has 7 heteroatoms. The zero-order valence-corrected chi connectivity index (χ0v) is 13.3. The number of pyridine rings is 1. The summed E-state index contributed by atoms with van der Waals surface area (Å²) in [5.74, 6) is 0.206. The van der Waals surface area contributed by atoms with Crippen LogP contribution in [0, 0.1) is 0 Å². The number of para-hydroxylation sites is 1. The molecule has 0 aliphatic carbocycles. The Balaban J connectivity index is 1.71. The topological polar surface area (TPSA) is 89.9 Å². The van der Waals surface area contributed by atoms with Crippen LogP contribution >= 0.6 is 0 Å². The highest BCUT2D eigenvalue weighted by atomic mass is 16.5. The van der Waals surface area contributed by atoms with E-state index in [0.29, 0.717) is 28.0 Å². The molecule has 0 unspecified atom stereocenters. The van der Waals surface area contributed by atoms with Crippen molar-refractivity contribution in [2.75, 3.05) is 12.4 Å². The molecule has 4 aromatic rings. The van der Waals surface area contributed by atoms with E-state index in [4.69, 9.17) is 4.74 Å². The lowest BCUT2D eigenvalue weighted by atomic mass is 10.1. The minimum absolute atomic E-state index is 0.00607. The number of benzene rings is 2. The Morgan fingerprint density at radius 1 is 1.00 bits per heavy atom. The molecule has 7 nitrogen and oxygen atoms in total. The monoisotopic (exact) mass is 331 g/mol. The van der Waals surface area contributed by atoms with E-state index < -0.39 is 5.91 Å². The van der Waals surface area contributed by atoms with E-state index in [-0.39, 0.29) is 5.82 Å². The standard InChI is InChI=1S/C18H13N5O2/c1-25-15-9-8-12(11-5-4-10-19-16(11)15)21-18(24)17-20-13-6-2-3-7-14(13)22-23-17/h2-10H,1H3,(H,21,24). The number of aromatic nitrogens is 4. The van der Waals surface area contributed by atoms with Crippen LogP contribution in [0.5, 0.6) is 5.75 Å². The molecule has 0 saturated carbocycles. The van der Waals surface area contributed by atoms with Gasteiger partial charge in [-0.3, -0.25) is 9.78 Å². The van der Waals surface area contributed by atoms with Gasteiger partial charge in [0.1, 0.15) is 16.8 Å². The first-order chi connectivity index (χ1) is 12.3. The summed E-state index contributed by atoms with van der Waals surface area (Å²) in [6.07, 6.45) is 1.67. The summed E-state index contributed by atoms with van der Waals surface area (Å²) in [6.45, 7) is 0. The van der Waals surface area contributed by atoms with Gasteiger partial charge in [0.05, 0.1) is 18.3 Å². The molecule has 2 aromatic carbocycles. The van der Waals surface area contributed by atoms with Crippen LogP contribution in [0.2, 0.25) is 0 Å². The third-order valence-electron chi connectivity index (χ3n) is 3.76. The number of rotatable bonds is 3. The fourth-order valence-electron chi connectivity index (χ4n) is 2.58. The average Bonchev–Trinajstić information content (AvgIpc) is 2.68. The Hall–Kier alpha value is -3.61. The van der Waals surface area contributed by atoms with Crippen LogP contribution in [0.15, 0.2) is 54.7 Å². The van der Waals surface area contributed by atoms with Gasteiger partial charge in [0.25, 0.3) is 5.91 Å². The number of amides is 1. The van der Waals surface area contributed by atoms with Gasteiger partial charge < -0.3 is 10.1 Å². The summed E-state index contributed by atoms with van der Waals surface area (Å²) in [5.41, 5.74) is 2.52. The van der Waals surface area contributed by atoms with Crippen molar-refractivity contribution in [3.63, 3.8) is 0 Å². The molecule has 0 atom stereocenters.